The fourth-order valence-corrected chi connectivity index (χ4v) is 2.33. The van der Waals surface area contributed by atoms with Crippen LogP contribution in [0.15, 0.2) is 23.1 Å². The van der Waals surface area contributed by atoms with Gasteiger partial charge in [0.1, 0.15) is 11.9 Å². The molecule has 1 aromatic rings. The third-order valence-corrected chi connectivity index (χ3v) is 3.75. The summed E-state index contributed by atoms with van der Waals surface area (Å²) in [6.45, 7) is 0. The number of nitrogens with one attached hydrogen (secondary N) is 2. The highest BCUT2D eigenvalue weighted by molar-refractivity contribution is 7.89. The molecule has 1 aliphatic rings. The molecule has 1 saturated heterocycles. The largest absolute Gasteiger partial charge is 0.344 e. The number of amides is 2. The van der Waals surface area contributed by atoms with Crippen LogP contribution in [0.3, 0.4) is 0 Å². The third-order valence-electron chi connectivity index (χ3n) is 2.84. The first-order valence-electron chi connectivity index (χ1n) is 5.70. The molecule has 2 rings (SSSR count). The van der Waals surface area contributed by atoms with Gasteiger partial charge in [0.2, 0.25) is 21.8 Å². The first kappa shape index (κ1) is 14.4. The molecule has 1 fully saturated rings. The lowest BCUT2D eigenvalue weighted by atomic mass is 10.2. The van der Waals surface area contributed by atoms with E-state index in [9.17, 15) is 22.4 Å². The quantitative estimate of drug-likeness (QED) is 0.709. The highest BCUT2D eigenvalue weighted by Gasteiger charge is 2.27. The number of primary sulfonamides is 1. The smallest absolute Gasteiger partial charge is 0.247 e. The molecular weight excluding hydrogens is 289 g/mol. The molecule has 1 aromatic carbocycles. The first-order valence-corrected chi connectivity index (χ1v) is 7.24. The Morgan fingerprint density at radius 2 is 2.15 bits per heavy atom. The van der Waals surface area contributed by atoms with E-state index in [0.29, 0.717) is 6.42 Å². The van der Waals surface area contributed by atoms with Gasteiger partial charge in [-0.05, 0) is 24.6 Å². The predicted octanol–water partition coefficient (Wildman–Crippen LogP) is -0.310. The maximum atomic E-state index is 13.7. The van der Waals surface area contributed by atoms with E-state index < -0.39 is 27.8 Å². The van der Waals surface area contributed by atoms with Crippen LogP contribution in [-0.2, 0) is 19.6 Å². The molecule has 1 unspecified atom stereocenters. The second-order valence-corrected chi connectivity index (χ2v) is 5.90. The van der Waals surface area contributed by atoms with Gasteiger partial charge in [-0.15, -0.1) is 0 Å². The SMILES string of the molecule is NS(=O)(=O)c1ccc(NC(=O)C2CCC(=O)N2)c(F)c1. The molecule has 0 saturated carbocycles. The average Bonchev–Trinajstić information content (AvgIpc) is 2.77. The summed E-state index contributed by atoms with van der Waals surface area (Å²) in [5.41, 5.74) is -0.177. The number of rotatable bonds is 3. The number of hydrogen-bond acceptors (Lipinski definition) is 4. The van der Waals surface area contributed by atoms with E-state index in [-0.39, 0.29) is 22.9 Å². The van der Waals surface area contributed by atoms with Crippen LogP contribution in [0.25, 0.3) is 0 Å². The molecule has 2 amide bonds. The highest BCUT2D eigenvalue weighted by atomic mass is 32.2. The Labute approximate surface area is 114 Å². The van der Waals surface area contributed by atoms with E-state index in [1.165, 1.54) is 0 Å². The van der Waals surface area contributed by atoms with Gasteiger partial charge in [0.05, 0.1) is 10.6 Å². The lowest BCUT2D eigenvalue weighted by Gasteiger charge is -2.12. The van der Waals surface area contributed by atoms with Crippen molar-refractivity contribution in [1.29, 1.82) is 0 Å². The van der Waals surface area contributed by atoms with Gasteiger partial charge in [-0.1, -0.05) is 0 Å². The molecule has 1 aliphatic heterocycles. The molecule has 0 bridgehead atoms. The van der Waals surface area contributed by atoms with Crippen molar-refractivity contribution < 1.29 is 22.4 Å². The fraction of sp³-hybridized carbons (Fsp3) is 0.273. The van der Waals surface area contributed by atoms with Crippen molar-refractivity contribution in [3.05, 3.63) is 24.0 Å². The van der Waals surface area contributed by atoms with Crippen molar-refractivity contribution in [2.75, 3.05) is 5.32 Å². The number of halogens is 1. The summed E-state index contributed by atoms with van der Waals surface area (Å²) in [6.07, 6.45) is 0.576. The first-order chi connectivity index (χ1) is 9.27. The Morgan fingerprint density at radius 3 is 2.65 bits per heavy atom. The molecule has 7 nitrogen and oxygen atoms in total. The van der Waals surface area contributed by atoms with Crippen LogP contribution in [0.1, 0.15) is 12.8 Å². The number of carbonyl (C=O) groups excluding carboxylic acids is 2. The monoisotopic (exact) mass is 301 g/mol. The fourth-order valence-electron chi connectivity index (χ4n) is 1.80. The van der Waals surface area contributed by atoms with Crippen LogP contribution < -0.4 is 15.8 Å². The van der Waals surface area contributed by atoms with E-state index in [1.807, 2.05) is 0 Å². The normalized spacial score (nSPS) is 18.7. The van der Waals surface area contributed by atoms with Gasteiger partial charge in [-0.2, -0.15) is 0 Å². The number of benzene rings is 1. The summed E-state index contributed by atoms with van der Waals surface area (Å²) in [5, 5.41) is 9.59. The van der Waals surface area contributed by atoms with Crippen LogP contribution in [0.5, 0.6) is 0 Å². The van der Waals surface area contributed by atoms with Crippen LogP contribution in [0, 0.1) is 5.82 Å². The Hall–Kier alpha value is -2.00. The lowest BCUT2D eigenvalue weighted by Crippen LogP contribution is -2.37. The maximum Gasteiger partial charge on any atom is 0.247 e. The minimum Gasteiger partial charge on any atom is -0.344 e. The average molecular weight is 301 g/mol. The molecule has 4 N–H and O–H groups in total. The van der Waals surface area contributed by atoms with E-state index in [2.05, 4.69) is 10.6 Å². The van der Waals surface area contributed by atoms with Gasteiger partial charge in [0.25, 0.3) is 0 Å². The van der Waals surface area contributed by atoms with Gasteiger partial charge >= 0.3 is 0 Å². The lowest BCUT2D eigenvalue weighted by molar-refractivity contribution is -0.122. The van der Waals surface area contributed by atoms with Crippen LogP contribution >= 0.6 is 0 Å². The number of carbonyl (C=O) groups is 2. The summed E-state index contributed by atoms with van der Waals surface area (Å²) < 4.78 is 35.8. The van der Waals surface area contributed by atoms with Crippen molar-refractivity contribution in [2.24, 2.45) is 5.14 Å². The standard InChI is InChI=1S/C11H12FN3O4S/c12-7-5-6(20(13,18)19)1-2-8(7)15-11(17)9-3-4-10(16)14-9/h1-2,5,9H,3-4H2,(H,14,16)(H,15,17)(H2,13,18,19). The third kappa shape index (κ3) is 3.11. The van der Waals surface area contributed by atoms with Gasteiger partial charge in [0, 0.05) is 6.42 Å². The molecular formula is C11H12FN3O4S. The number of nitrogens with two attached hydrogens (primary N) is 1. The molecule has 0 radical (unpaired) electrons. The zero-order valence-electron chi connectivity index (χ0n) is 10.2. The second kappa shape index (κ2) is 5.17. The Balaban J connectivity index is 2.14. The molecule has 1 heterocycles. The van der Waals surface area contributed by atoms with Gasteiger partial charge in [-0.3, -0.25) is 9.59 Å². The number of anilines is 1. The molecule has 0 spiro atoms. The Morgan fingerprint density at radius 1 is 1.45 bits per heavy atom. The zero-order chi connectivity index (χ0) is 14.9. The maximum absolute atomic E-state index is 13.7. The van der Waals surface area contributed by atoms with Crippen LogP contribution in [-0.4, -0.2) is 26.3 Å². The van der Waals surface area contributed by atoms with Crippen molar-refractivity contribution in [1.82, 2.24) is 5.32 Å². The van der Waals surface area contributed by atoms with Crippen molar-refractivity contribution in [3.63, 3.8) is 0 Å². The molecule has 1 atom stereocenters. The minimum absolute atomic E-state index is 0.177. The molecule has 20 heavy (non-hydrogen) atoms. The summed E-state index contributed by atoms with van der Waals surface area (Å²) >= 11 is 0. The molecule has 0 aromatic heterocycles. The van der Waals surface area contributed by atoms with Crippen LogP contribution in [0.2, 0.25) is 0 Å². The predicted molar refractivity (Wildman–Crippen MR) is 67.6 cm³/mol. The second-order valence-electron chi connectivity index (χ2n) is 4.33. The topological polar surface area (TPSA) is 118 Å². The number of hydrogen-bond donors (Lipinski definition) is 3. The minimum atomic E-state index is -4.00. The Bertz CT molecular complexity index is 674. The summed E-state index contributed by atoms with van der Waals surface area (Å²) in [7, 11) is -4.00. The van der Waals surface area contributed by atoms with E-state index in [4.69, 9.17) is 5.14 Å². The van der Waals surface area contributed by atoms with Gasteiger partial charge in [0.15, 0.2) is 0 Å². The number of sulfonamides is 1. The Kier molecular flexibility index (Phi) is 3.73. The molecule has 9 heteroatoms. The van der Waals surface area contributed by atoms with Gasteiger partial charge < -0.3 is 10.6 Å². The van der Waals surface area contributed by atoms with Crippen molar-refractivity contribution >= 4 is 27.5 Å². The summed E-state index contributed by atoms with van der Waals surface area (Å²) in [4.78, 5) is 22.4. The summed E-state index contributed by atoms with van der Waals surface area (Å²) in [5.74, 6) is -1.72. The van der Waals surface area contributed by atoms with Crippen molar-refractivity contribution in [3.8, 4) is 0 Å². The van der Waals surface area contributed by atoms with E-state index in [0.717, 1.165) is 18.2 Å². The van der Waals surface area contributed by atoms with Crippen LogP contribution in [0.4, 0.5) is 10.1 Å². The van der Waals surface area contributed by atoms with E-state index >= 15 is 0 Å². The molecule has 108 valence electrons. The molecule has 0 aliphatic carbocycles. The van der Waals surface area contributed by atoms with Gasteiger partial charge in [-0.25, -0.2) is 17.9 Å². The van der Waals surface area contributed by atoms with E-state index in [1.54, 1.807) is 0 Å². The zero-order valence-corrected chi connectivity index (χ0v) is 11.0. The highest BCUT2D eigenvalue weighted by Crippen LogP contribution is 2.19. The van der Waals surface area contributed by atoms with Crippen molar-refractivity contribution in [2.45, 2.75) is 23.8 Å². The summed E-state index contributed by atoms with van der Waals surface area (Å²) in [6, 6.07) is 2.20.